The van der Waals surface area contributed by atoms with Crippen molar-refractivity contribution in [3.8, 4) is 5.75 Å². The molecule has 186 valence electrons. The number of para-hydroxylation sites is 1. The summed E-state index contributed by atoms with van der Waals surface area (Å²) in [7, 11) is 0. The van der Waals surface area contributed by atoms with Gasteiger partial charge in [0.1, 0.15) is 11.7 Å². The Morgan fingerprint density at radius 2 is 1.86 bits per heavy atom. The van der Waals surface area contributed by atoms with E-state index in [1.165, 1.54) is 43.2 Å². The highest BCUT2D eigenvalue weighted by Crippen LogP contribution is 2.48. The van der Waals surface area contributed by atoms with Crippen LogP contribution in [0.1, 0.15) is 68.4 Å². The van der Waals surface area contributed by atoms with E-state index in [2.05, 4.69) is 74.7 Å². The molecule has 0 aromatic heterocycles. The molecule has 4 aliphatic rings. The molecule has 0 bridgehead atoms. The van der Waals surface area contributed by atoms with E-state index in [1.807, 2.05) is 0 Å². The molecule has 5 heteroatoms. The molecule has 3 aliphatic heterocycles. The Bertz CT molecular complexity index is 1050. The standard InChI is InChI=1S/C30H37BrN2O2/c31-26-13-7-12-24-28(26)35-17-15-30(24)20-32-19-25(30)29(34)33-16-14-23(21-8-3-1-4-9-21)18-27(33)22-10-5-2-6-11-22/h1,3-4,7-9,12-13,22-23,25,27,32H,2,5-6,10-11,14-20H2/p+1/t23-,25?,27+,30+/m1/s1. The van der Waals surface area contributed by atoms with Crippen molar-refractivity contribution >= 4 is 21.8 Å². The lowest BCUT2D eigenvalue weighted by Crippen LogP contribution is -2.82. The van der Waals surface area contributed by atoms with Gasteiger partial charge in [-0.2, -0.15) is 0 Å². The Hall–Kier alpha value is -1.85. The Balaban J connectivity index is 1.31. The summed E-state index contributed by atoms with van der Waals surface area (Å²) in [4.78, 5) is 16.9. The van der Waals surface area contributed by atoms with Crippen LogP contribution < -0.4 is 10.1 Å². The summed E-state index contributed by atoms with van der Waals surface area (Å²) < 4.78 is 7.12. The molecule has 2 aromatic carbocycles. The Morgan fingerprint density at radius 1 is 1.03 bits per heavy atom. The second-order valence-electron chi connectivity index (χ2n) is 11.3. The molecule has 0 radical (unpaired) electrons. The molecule has 1 spiro atoms. The second kappa shape index (κ2) is 9.89. The number of quaternary nitrogens is 1. The van der Waals surface area contributed by atoms with Gasteiger partial charge in [0.05, 0.1) is 29.6 Å². The third-order valence-electron chi connectivity index (χ3n) is 9.57. The number of rotatable bonds is 3. The molecule has 1 amide bonds. The van der Waals surface area contributed by atoms with Crippen molar-refractivity contribution in [1.82, 2.24) is 4.90 Å². The van der Waals surface area contributed by atoms with Gasteiger partial charge in [0.25, 0.3) is 0 Å². The predicted octanol–water partition coefficient (Wildman–Crippen LogP) is 5.02. The fourth-order valence-corrected chi connectivity index (χ4v) is 8.25. The van der Waals surface area contributed by atoms with Gasteiger partial charge in [0.2, 0.25) is 5.91 Å². The first kappa shape index (κ1) is 23.5. The summed E-state index contributed by atoms with van der Waals surface area (Å²) in [5.74, 6) is 2.61. The van der Waals surface area contributed by atoms with E-state index in [9.17, 15) is 4.79 Å². The quantitative estimate of drug-likeness (QED) is 0.597. The van der Waals surface area contributed by atoms with E-state index in [0.29, 0.717) is 30.4 Å². The lowest BCUT2D eigenvalue weighted by Gasteiger charge is -2.47. The van der Waals surface area contributed by atoms with Gasteiger partial charge in [0, 0.05) is 18.2 Å². The zero-order valence-corrected chi connectivity index (χ0v) is 22.2. The average Bonchev–Trinajstić information content (AvgIpc) is 3.33. The summed E-state index contributed by atoms with van der Waals surface area (Å²) in [6.45, 7) is 3.45. The topological polar surface area (TPSA) is 46.1 Å². The first-order valence-electron chi connectivity index (χ1n) is 13.8. The zero-order chi connectivity index (χ0) is 23.8. The van der Waals surface area contributed by atoms with Crippen LogP contribution in [-0.2, 0) is 10.2 Å². The molecule has 2 N–H and O–H groups in total. The van der Waals surface area contributed by atoms with Gasteiger partial charge in [-0.15, -0.1) is 0 Å². The maximum atomic E-state index is 14.5. The van der Waals surface area contributed by atoms with Crippen molar-refractivity contribution in [3.63, 3.8) is 0 Å². The lowest BCUT2D eigenvalue weighted by atomic mass is 9.67. The van der Waals surface area contributed by atoms with Crippen LogP contribution in [0.4, 0.5) is 0 Å². The van der Waals surface area contributed by atoms with E-state index in [0.717, 1.165) is 49.1 Å². The van der Waals surface area contributed by atoms with Crippen LogP contribution in [0.2, 0.25) is 0 Å². The molecular weight excluding hydrogens is 500 g/mol. The Kier molecular flexibility index (Phi) is 6.66. The molecule has 6 rings (SSSR count). The van der Waals surface area contributed by atoms with Crippen LogP contribution in [0.25, 0.3) is 0 Å². The van der Waals surface area contributed by atoms with Gasteiger partial charge >= 0.3 is 0 Å². The van der Waals surface area contributed by atoms with Crippen LogP contribution in [0.5, 0.6) is 5.75 Å². The monoisotopic (exact) mass is 537 g/mol. The molecule has 4 atom stereocenters. The van der Waals surface area contributed by atoms with Gasteiger partial charge in [-0.3, -0.25) is 4.79 Å². The summed E-state index contributed by atoms with van der Waals surface area (Å²) >= 11 is 3.71. The summed E-state index contributed by atoms with van der Waals surface area (Å²) in [5.41, 5.74) is 2.56. The number of ether oxygens (including phenoxy) is 1. The van der Waals surface area contributed by atoms with Crippen LogP contribution in [0, 0.1) is 11.8 Å². The first-order chi connectivity index (χ1) is 17.2. The van der Waals surface area contributed by atoms with Crippen LogP contribution in [0.3, 0.4) is 0 Å². The van der Waals surface area contributed by atoms with Crippen molar-refractivity contribution < 1.29 is 14.8 Å². The molecule has 1 unspecified atom stereocenters. The Morgan fingerprint density at radius 3 is 2.69 bits per heavy atom. The minimum absolute atomic E-state index is 0.0267. The third-order valence-corrected chi connectivity index (χ3v) is 10.2. The molecule has 2 aromatic rings. The number of carbonyl (C=O) groups is 1. The number of nitrogens with zero attached hydrogens (tertiary/aromatic N) is 1. The van der Waals surface area contributed by atoms with E-state index >= 15 is 0 Å². The van der Waals surface area contributed by atoms with Gasteiger partial charge in [0.15, 0.2) is 0 Å². The Labute approximate surface area is 217 Å². The number of benzene rings is 2. The fraction of sp³-hybridized carbons (Fsp3) is 0.567. The van der Waals surface area contributed by atoms with E-state index in [-0.39, 0.29) is 11.3 Å². The van der Waals surface area contributed by atoms with E-state index in [1.54, 1.807) is 0 Å². The number of piperidine rings is 1. The van der Waals surface area contributed by atoms with Crippen molar-refractivity contribution in [2.45, 2.75) is 68.7 Å². The van der Waals surface area contributed by atoms with Crippen molar-refractivity contribution in [2.75, 3.05) is 26.2 Å². The van der Waals surface area contributed by atoms with Crippen LogP contribution >= 0.6 is 15.9 Å². The molecular formula is C30H38BrN2O2+. The smallest absolute Gasteiger partial charge is 0.232 e. The van der Waals surface area contributed by atoms with Crippen molar-refractivity contribution in [1.29, 1.82) is 0 Å². The summed E-state index contributed by atoms with van der Waals surface area (Å²) in [5, 5.41) is 2.38. The minimum Gasteiger partial charge on any atom is -0.492 e. The average molecular weight is 539 g/mol. The van der Waals surface area contributed by atoms with E-state index < -0.39 is 0 Å². The van der Waals surface area contributed by atoms with Gasteiger partial charge < -0.3 is 15.0 Å². The first-order valence-corrected chi connectivity index (χ1v) is 14.6. The number of fused-ring (bicyclic) bond motifs is 2. The number of halogens is 1. The molecule has 4 nitrogen and oxygen atoms in total. The summed E-state index contributed by atoms with van der Waals surface area (Å²) in [6, 6.07) is 17.8. The van der Waals surface area contributed by atoms with Gasteiger partial charge in [-0.05, 0) is 71.5 Å². The van der Waals surface area contributed by atoms with Gasteiger partial charge in [-0.25, -0.2) is 0 Å². The number of hydrogen-bond donors (Lipinski definition) is 1. The molecule has 2 saturated heterocycles. The SMILES string of the molecule is O=C(C1C[NH2+]C[C@]12CCOc1c(Br)cccc12)N1CC[C@@H](c2ccccc2)C[C@H]1C1CCCCC1. The minimum atomic E-state index is -0.123. The van der Waals surface area contributed by atoms with E-state index in [4.69, 9.17) is 4.74 Å². The number of amides is 1. The number of likely N-dealkylation sites (tertiary alicyclic amines) is 1. The molecule has 3 fully saturated rings. The number of nitrogens with two attached hydrogens (primary N) is 1. The number of carbonyl (C=O) groups excluding carboxylic acids is 1. The third kappa shape index (κ3) is 4.23. The molecule has 35 heavy (non-hydrogen) atoms. The largest absolute Gasteiger partial charge is 0.492 e. The summed E-state index contributed by atoms with van der Waals surface area (Å²) in [6.07, 6.45) is 9.67. The highest BCUT2D eigenvalue weighted by molar-refractivity contribution is 9.10. The van der Waals surface area contributed by atoms with Gasteiger partial charge in [-0.1, -0.05) is 61.7 Å². The predicted molar refractivity (Wildman–Crippen MR) is 142 cm³/mol. The molecule has 1 aliphatic carbocycles. The molecule has 1 saturated carbocycles. The number of hydrogen-bond acceptors (Lipinski definition) is 2. The van der Waals surface area contributed by atoms with Crippen molar-refractivity contribution in [3.05, 3.63) is 64.1 Å². The fourth-order valence-electron chi connectivity index (χ4n) is 7.77. The second-order valence-corrected chi connectivity index (χ2v) is 12.1. The maximum absolute atomic E-state index is 14.5. The highest BCUT2D eigenvalue weighted by atomic mass is 79.9. The highest BCUT2D eigenvalue weighted by Gasteiger charge is 2.56. The van der Waals surface area contributed by atoms with Crippen LogP contribution in [0.15, 0.2) is 53.0 Å². The normalized spacial score (nSPS) is 31.2. The lowest BCUT2D eigenvalue weighted by molar-refractivity contribution is -0.640. The maximum Gasteiger partial charge on any atom is 0.232 e. The zero-order valence-electron chi connectivity index (χ0n) is 20.6. The van der Waals surface area contributed by atoms with Crippen molar-refractivity contribution in [2.24, 2.45) is 11.8 Å². The van der Waals surface area contributed by atoms with Crippen LogP contribution in [-0.4, -0.2) is 43.1 Å². The molecule has 3 heterocycles.